The number of aromatic nitrogens is 6. The summed E-state index contributed by atoms with van der Waals surface area (Å²) in [6.07, 6.45) is 8.95. The summed E-state index contributed by atoms with van der Waals surface area (Å²) in [5.41, 5.74) is 4.87. The topological polar surface area (TPSA) is 83.8 Å². The van der Waals surface area contributed by atoms with Crippen LogP contribution in [0.1, 0.15) is 5.56 Å². The average Bonchev–Trinajstić information content (AvgIpc) is 3.43. The molecule has 5 rings (SSSR count). The van der Waals surface area contributed by atoms with Gasteiger partial charge in [-0.15, -0.1) is 0 Å². The minimum atomic E-state index is 0.669. The number of anilines is 1. The first kappa shape index (κ1) is 16.2. The van der Waals surface area contributed by atoms with Crippen LogP contribution < -0.4 is 5.32 Å². The molecule has 0 saturated heterocycles. The van der Waals surface area contributed by atoms with Gasteiger partial charge in [-0.3, -0.25) is 4.40 Å². The fourth-order valence-corrected chi connectivity index (χ4v) is 3.11. The number of hydrogen-bond acceptors (Lipinski definition) is 5. The molecular formula is C21H17N7. The maximum atomic E-state index is 4.42. The van der Waals surface area contributed by atoms with Crippen molar-refractivity contribution in [3.05, 3.63) is 85.2 Å². The minimum Gasteiger partial charge on any atom is -0.366 e. The number of rotatable bonds is 5. The number of benzene rings is 1. The lowest BCUT2D eigenvalue weighted by Gasteiger charge is -2.08. The van der Waals surface area contributed by atoms with Gasteiger partial charge in [0.2, 0.25) is 0 Å². The van der Waals surface area contributed by atoms with E-state index in [1.165, 1.54) is 0 Å². The summed E-state index contributed by atoms with van der Waals surface area (Å²) in [4.78, 5) is 20.5. The summed E-state index contributed by atoms with van der Waals surface area (Å²) in [5.74, 6) is 1.64. The normalized spacial score (nSPS) is 11.0. The Bertz CT molecular complexity index is 1210. The molecule has 0 aliphatic heterocycles. The molecule has 1 aromatic carbocycles. The van der Waals surface area contributed by atoms with Crippen molar-refractivity contribution >= 4 is 11.5 Å². The second-order valence-electron chi connectivity index (χ2n) is 6.35. The van der Waals surface area contributed by atoms with Crippen LogP contribution in [0.4, 0.5) is 5.82 Å². The molecular weight excluding hydrogens is 350 g/mol. The van der Waals surface area contributed by atoms with Gasteiger partial charge < -0.3 is 10.3 Å². The van der Waals surface area contributed by atoms with Gasteiger partial charge in [0, 0.05) is 36.8 Å². The van der Waals surface area contributed by atoms with E-state index in [9.17, 15) is 0 Å². The minimum absolute atomic E-state index is 0.669. The van der Waals surface area contributed by atoms with E-state index in [1.54, 1.807) is 12.5 Å². The molecule has 7 nitrogen and oxygen atoms in total. The van der Waals surface area contributed by atoms with Gasteiger partial charge in [-0.05, 0) is 17.7 Å². The van der Waals surface area contributed by atoms with Crippen LogP contribution in [0.25, 0.3) is 28.4 Å². The van der Waals surface area contributed by atoms with E-state index in [1.807, 2.05) is 47.3 Å². The molecule has 4 heterocycles. The van der Waals surface area contributed by atoms with Crippen LogP contribution in [-0.2, 0) is 6.54 Å². The SMILES string of the molecule is c1ccn2c(-c3cc(NCc4ccc(-c5ncc[nH]5)cc4)ncn3)cnc2c1. The van der Waals surface area contributed by atoms with Gasteiger partial charge in [0.05, 0.1) is 17.6 Å². The number of H-pyrrole nitrogens is 1. The van der Waals surface area contributed by atoms with Crippen LogP contribution in [0.2, 0.25) is 0 Å². The van der Waals surface area contributed by atoms with Crippen LogP contribution in [0.3, 0.4) is 0 Å². The van der Waals surface area contributed by atoms with Gasteiger partial charge in [-0.1, -0.05) is 30.3 Å². The van der Waals surface area contributed by atoms with E-state index < -0.39 is 0 Å². The monoisotopic (exact) mass is 367 g/mol. The van der Waals surface area contributed by atoms with Gasteiger partial charge in [0.25, 0.3) is 0 Å². The summed E-state index contributed by atoms with van der Waals surface area (Å²) in [5, 5.41) is 3.36. The number of hydrogen-bond donors (Lipinski definition) is 2. The Balaban J connectivity index is 1.33. The highest BCUT2D eigenvalue weighted by atomic mass is 15.0. The second kappa shape index (κ2) is 6.96. The molecule has 0 amide bonds. The zero-order chi connectivity index (χ0) is 18.8. The summed E-state index contributed by atoms with van der Waals surface area (Å²) >= 11 is 0. The summed E-state index contributed by atoms with van der Waals surface area (Å²) < 4.78 is 2.01. The Labute approximate surface area is 161 Å². The molecule has 0 spiro atoms. The average molecular weight is 367 g/mol. The zero-order valence-corrected chi connectivity index (χ0v) is 14.9. The standard InChI is InChI=1S/C21H17N7/c1-2-10-28-18(13-25-20(28)3-1)17-11-19(27-14-26-17)24-12-15-4-6-16(7-5-15)21-22-8-9-23-21/h1-11,13-14H,12H2,(H,22,23)(H,24,26,27). The van der Waals surface area contributed by atoms with Crippen molar-refractivity contribution in [2.75, 3.05) is 5.32 Å². The van der Waals surface area contributed by atoms with Crippen LogP contribution in [-0.4, -0.2) is 29.3 Å². The molecule has 0 aliphatic rings. The van der Waals surface area contributed by atoms with E-state index in [0.29, 0.717) is 6.54 Å². The largest absolute Gasteiger partial charge is 0.366 e. The quantitative estimate of drug-likeness (QED) is 0.494. The maximum absolute atomic E-state index is 4.42. The number of pyridine rings is 1. The Kier molecular flexibility index (Phi) is 4.02. The third-order valence-electron chi connectivity index (χ3n) is 4.55. The van der Waals surface area contributed by atoms with Crippen molar-refractivity contribution in [3.8, 4) is 22.8 Å². The molecule has 0 saturated carbocycles. The second-order valence-corrected chi connectivity index (χ2v) is 6.35. The van der Waals surface area contributed by atoms with Crippen molar-refractivity contribution < 1.29 is 0 Å². The number of nitrogens with zero attached hydrogens (tertiary/aromatic N) is 5. The van der Waals surface area contributed by atoms with Gasteiger partial charge in [-0.25, -0.2) is 19.9 Å². The summed E-state index contributed by atoms with van der Waals surface area (Å²) in [6, 6.07) is 16.1. The van der Waals surface area contributed by atoms with Gasteiger partial charge in [-0.2, -0.15) is 0 Å². The highest BCUT2D eigenvalue weighted by Crippen LogP contribution is 2.21. The molecule has 28 heavy (non-hydrogen) atoms. The molecule has 5 aromatic rings. The Morgan fingerprint density at radius 2 is 1.89 bits per heavy atom. The van der Waals surface area contributed by atoms with Crippen molar-refractivity contribution in [1.29, 1.82) is 0 Å². The van der Waals surface area contributed by atoms with Gasteiger partial charge >= 0.3 is 0 Å². The molecule has 0 unspecified atom stereocenters. The Morgan fingerprint density at radius 1 is 0.964 bits per heavy atom. The molecule has 2 N–H and O–H groups in total. The van der Waals surface area contributed by atoms with E-state index in [0.717, 1.165) is 39.8 Å². The Morgan fingerprint density at radius 3 is 2.75 bits per heavy atom. The van der Waals surface area contributed by atoms with E-state index in [2.05, 4.69) is 54.5 Å². The number of imidazole rings is 2. The number of fused-ring (bicyclic) bond motifs is 1. The number of aromatic amines is 1. The lowest BCUT2D eigenvalue weighted by Crippen LogP contribution is -2.02. The fraction of sp³-hybridized carbons (Fsp3) is 0.0476. The van der Waals surface area contributed by atoms with E-state index in [4.69, 9.17) is 0 Å². The maximum Gasteiger partial charge on any atom is 0.137 e. The molecule has 7 heteroatoms. The lowest BCUT2D eigenvalue weighted by molar-refractivity contribution is 1.07. The molecule has 4 aromatic heterocycles. The van der Waals surface area contributed by atoms with Crippen LogP contribution in [0.5, 0.6) is 0 Å². The third kappa shape index (κ3) is 3.09. The summed E-state index contributed by atoms with van der Waals surface area (Å²) in [6.45, 7) is 0.669. The molecule has 0 aliphatic carbocycles. The first-order valence-electron chi connectivity index (χ1n) is 8.94. The van der Waals surface area contributed by atoms with Crippen LogP contribution in [0.15, 0.2) is 79.6 Å². The zero-order valence-electron chi connectivity index (χ0n) is 14.9. The van der Waals surface area contributed by atoms with Gasteiger partial charge in [0.15, 0.2) is 0 Å². The van der Waals surface area contributed by atoms with Crippen molar-refractivity contribution in [1.82, 2.24) is 29.3 Å². The van der Waals surface area contributed by atoms with E-state index >= 15 is 0 Å². The van der Waals surface area contributed by atoms with Gasteiger partial charge in [0.1, 0.15) is 23.6 Å². The van der Waals surface area contributed by atoms with Crippen LogP contribution in [0, 0.1) is 0 Å². The molecule has 0 radical (unpaired) electrons. The van der Waals surface area contributed by atoms with Crippen molar-refractivity contribution in [2.24, 2.45) is 0 Å². The first-order chi connectivity index (χ1) is 13.9. The van der Waals surface area contributed by atoms with E-state index in [-0.39, 0.29) is 0 Å². The lowest BCUT2D eigenvalue weighted by atomic mass is 10.1. The fourth-order valence-electron chi connectivity index (χ4n) is 3.11. The highest BCUT2D eigenvalue weighted by Gasteiger charge is 2.08. The third-order valence-corrected chi connectivity index (χ3v) is 4.55. The molecule has 0 bridgehead atoms. The Hall–Kier alpha value is -4.00. The van der Waals surface area contributed by atoms with Crippen molar-refractivity contribution in [3.63, 3.8) is 0 Å². The van der Waals surface area contributed by atoms with Crippen LogP contribution >= 0.6 is 0 Å². The highest BCUT2D eigenvalue weighted by molar-refractivity contribution is 5.62. The molecule has 0 fully saturated rings. The predicted octanol–water partition coefficient (Wildman–Crippen LogP) is 3.79. The molecule has 0 atom stereocenters. The summed E-state index contributed by atoms with van der Waals surface area (Å²) in [7, 11) is 0. The van der Waals surface area contributed by atoms with Crippen molar-refractivity contribution in [2.45, 2.75) is 6.54 Å². The smallest absolute Gasteiger partial charge is 0.137 e. The number of nitrogens with one attached hydrogen (secondary N) is 2. The predicted molar refractivity (Wildman–Crippen MR) is 108 cm³/mol. The first-order valence-corrected chi connectivity index (χ1v) is 8.94. The molecule has 136 valence electrons.